The quantitative estimate of drug-likeness (QED) is 0.392. The second-order valence-electron chi connectivity index (χ2n) is 1.82. The number of rotatable bonds is 0. The Hall–Kier alpha value is -1.25. The number of hydrogen-bond acceptors (Lipinski definition) is 2. The molecule has 1 heterocycles. The highest BCUT2D eigenvalue weighted by atomic mass is 16.4. The van der Waals surface area contributed by atoms with Crippen molar-refractivity contribution >= 4 is 0 Å². The molecule has 3 nitrogen and oxygen atoms in total. The van der Waals surface area contributed by atoms with Crippen LogP contribution in [0.25, 0.3) is 0 Å². The van der Waals surface area contributed by atoms with Gasteiger partial charge in [0.15, 0.2) is 0 Å². The van der Waals surface area contributed by atoms with Crippen molar-refractivity contribution in [2.75, 3.05) is 0 Å². The normalized spacial score (nSPS) is 9.00. The monoisotopic (exact) mass is 124 g/mol. The van der Waals surface area contributed by atoms with Gasteiger partial charge in [-0.25, -0.2) is 0 Å². The lowest BCUT2D eigenvalue weighted by Gasteiger charge is -1.91. The first-order valence-corrected chi connectivity index (χ1v) is 2.63. The highest BCUT2D eigenvalue weighted by molar-refractivity contribution is 4.91. The fourth-order valence-corrected chi connectivity index (χ4v) is 0.560. The van der Waals surface area contributed by atoms with Crippen LogP contribution >= 0.6 is 0 Å². The topological polar surface area (TPSA) is 37.5 Å². The molecule has 0 aromatic carbocycles. The van der Waals surface area contributed by atoms with E-state index >= 15 is 0 Å². The molecule has 0 aliphatic heterocycles. The van der Waals surface area contributed by atoms with Crippen molar-refractivity contribution in [3.05, 3.63) is 29.9 Å². The van der Waals surface area contributed by atoms with Crippen LogP contribution < -0.4 is 5.36 Å². The largest absolute Gasteiger partial charge is 0.410 e. The molecule has 0 amide bonds. The van der Waals surface area contributed by atoms with Gasteiger partial charge < -0.3 is 9.77 Å². The maximum Gasteiger partial charge on any atom is 0.105 e. The molecule has 1 N–H and O–H groups in total. The molecule has 1 aromatic heterocycles. The standard InChI is InChI=1S/C6H8N2O/c1-8-4-2-6(7-9)3-5-8/h2-5,9H,1H3. The van der Waals surface area contributed by atoms with Gasteiger partial charge in [0.2, 0.25) is 0 Å². The summed E-state index contributed by atoms with van der Waals surface area (Å²) in [7, 11) is 1.90. The molecule has 0 atom stereocenters. The van der Waals surface area contributed by atoms with Crippen LogP contribution in [0.1, 0.15) is 0 Å². The predicted octanol–water partition coefficient (Wildman–Crippen LogP) is 0.315. The lowest BCUT2D eigenvalue weighted by molar-refractivity contribution is 0.301. The molecule has 0 aliphatic rings. The van der Waals surface area contributed by atoms with E-state index in [1.807, 2.05) is 24.0 Å². The van der Waals surface area contributed by atoms with Gasteiger partial charge in [0.05, 0.1) is 0 Å². The van der Waals surface area contributed by atoms with Crippen LogP contribution in [0.5, 0.6) is 0 Å². The fraction of sp³-hybridized carbons (Fsp3) is 0.167. The molecule has 0 spiro atoms. The molecule has 9 heavy (non-hydrogen) atoms. The number of hydrogen-bond donors (Lipinski definition) is 1. The molecule has 0 aliphatic carbocycles. The minimum atomic E-state index is 0.577. The predicted molar refractivity (Wildman–Crippen MR) is 32.8 cm³/mol. The van der Waals surface area contributed by atoms with Gasteiger partial charge >= 0.3 is 0 Å². The number of nitrogens with zero attached hydrogens (tertiary/aromatic N) is 2. The Balaban J connectivity index is 3.17. The number of aromatic nitrogens is 1. The van der Waals surface area contributed by atoms with Crippen LogP contribution in [0.2, 0.25) is 0 Å². The van der Waals surface area contributed by atoms with E-state index in [2.05, 4.69) is 5.16 Å². The van der Waals surface area contributed by atoms with E-state index in [1.165, 1.54) is 0 Å². The molecule has 0 saturated heterocycles. The Morgan fingerprint density at radius 2 is 2.00 bits per heavy atom. The molecular formula is C6H8N2O. The van der Waals surface area contributed by atoms with Crippen molar-refractivity contribution in [3.8, 4) is 0 Å². The highest BCUT2D eigenvalue weighted by Gasteiger charge is 1.77. The maximum absolute atomic E-state index is 8.24. The van der Waals surface area contributed by atoms with Crippen molar-refractivity contribution < 1.29 is 5.21 Å². The molecule has 0 fully saturated rings. The van der Waals surface area contributed by atoms with E-state index in [0.717, 1.165) is 0 Å². The lowest BCUT2D eigenvalue weighted by Crippen LogP contribution is -2.01. The molecule has 1 aromatic rings. The Bertz CT molecular complexity index is 231. The summed E-state index contributed by atoms with van der Waals surface area (Å²) in [6, 6.07) is 3.44. The van der Waals surface area contributed by atoms with Crippen LogP contribution in [0.3, 0.4) is 0 Å². The van der Waals surface area contributed by atoms with Gasteiger partial charge in [-0.3, -0.25) is 0 Å². The first kappa shape index (κ1) is 5.88. The summed E-state index contributed by atoms with van der Waals surface area (Å²) in [5, 5.41) is 11.8. The van der Waals surface area contributed by atoms with Gasteiger partial charge in [-0.05, 0) is 12.1 Å². The average Bonchev–Trinajstić information content (AvgIpc) is 1.90. The Labute approximate surface area is 52.9 Å². The van der Waals surface area contributed by atoms with Crippen LogP contribution in [0.15, 0.2) is 29.7 Å². The van der Waals surface area contributed by atoms with Crippen molar-refractivity contribution in [2.24, 2.45) is 12.2 Å². The summed E-state index contributed by atoms with van der Waals surface area (Å²) in [6.07, 6.45) is 3.63. The maximum atomic E-state index is 8.24. The molecule has 0 radical (unpaired) electrons. The number of pyridine rings is 1. The Morgan fingerprint density at radius 1 is 1.44 bits per heavy atom. The molecule has 3 heteroatoms. The lowest BCUT2D eigenvalue weighted by atomic mass is 10.5. The third kappa shape index (κ3) is 1.32. The second-order valence-corrected chi connectivity index (χ2v) is 1.82. The van der Waals surface area contributed by atoms with Crippen LogP contribution in [0, 0.1) is 0 Å². The molecule has 1 rings (SSSR count). The van der Waals surface area contributed by atoms with Gasteiger partial charge in [0.25, 0.3) is 0 Å². The first-order valence-electron chi connectivity index (χ1n) is 2.63. The number of aryl methyl sites for hydroxylation is 1. The van der Waals surface area contributed by atoms with Crippen molar-refractivity contribution in [1.82, 2.24) is 4.57 Å². The van der Waals surface area contributed by atoms with Crippen molar-refractivity contribution in [1.29, 1.82) is 0 Å². The van der Waals surface area contributed by atoms with Crippen molar-refractivity contribution in [3.63, 3.8) is 0 Å². The zero-order chi connectivity index (χ0) is 6.69. The van der Waals surface area contributed by atoms with E-state index in [9.17, 15) is 0 Å². The van der Waals surface area contributed by atoms with E-state index < -0.39 is 0 Å². The van der Waals surface area contributed by atoms with Crippen LogP contribution in [0.4, 0.5) is 0 Å². The minimum absolute atomic E-state index is 0.577. The summed E-state index contributed by atoms with van der Waals surface area (Å²) in [5.74, 6) is 0. The summed E-state index contributed by atoms with van der Waals surface area (Å²) >= 11 is 0. The second kappa shape index (κ2) is 2.35. The van der Waals surface area contributed by atoms with E-state index in [-0.39, 0.29) is 0 Å². The molecule has 48 valence electrons. The fourth-order valence-electron chi connectivity index (χ4n) is 0.560. The van der Waals surface area contributed by atoms with Crippen LogP contribution in [-0.4, -0.2) is 9.77 Å². The zero-order valence-electron chi connectivity index (χ0n) is 5.15. The smallest absolute Gasteiger partial charge is 0.105 e. The third-order valence-electron chi connectivity index (χ3n) is 1.08. The Morgan fingerprint density at radius 3 is 2.44 bits per heavy atom. The molecule has 0 saturated carbocycles. The first-order chi connectivity index (χ1) is 4.33. The minimum Gasteiger partial charge on any atom is -0.410 e. The van der Waals surface area contributed by atoms with Gasteiger partial charge in [-0.1, -0.05) is 5.16 Å². The summed E-state index contributed by atoms with van der Waals surface area (Å²) in [6.45, 7) is 0. The van der Waals surface area contributed by atoms with Gasteiger partial charge in [-0.2, -0.15) is 0 Å². The van der Waals surface area contributed by atoms with E-state index in [4.69, 9.17) is 5.21 Å². The molecule has 0 bridgehead atoms. The Kier molecular flexibility index (Phi) is 1.53. The van der Waals surface area contributed by atoms with Gasteiger partial charge in [0.1, 0.15) is 5.36 Å². The van der Waals surface area contributed by atoms with E-state index in [0.29, 0.717) is 5.36 Å². The van der Waals surface area contributed by atoms with Gasteiger partial charge in [-0.15, -0.1) is 0 Å². The summed E-state index contributed by atoms with van der Waals surface area (Å²) in [5.41, 5.74) is 0. The average molecular weight is 124 g/mol. The zero-order valence-corrected chi connectivity index (χ0v) is 5.15. The molecule has 0 unspecified atom stereocenters. The summed E-state index contributed by atoms with van der Waals surface area (Å²) in [4.78, 5) is 0. The van der Waals surface area contributed by atoms with Crippen molar-refractivity contribution in [2.45, 2.75) is 0 Å². The van der Waals surface area contributed by atoms with E-state index in [1.54, 1.807) is 12.1 Å². The molecular weight excluding hydrogens is 116 g/mol. The third-order valence-corrected chi connectivity index (χ3v) is 1.08. The summed E-state index contributed by atoms with van der Waals surface area (Å²) < 4.78 is 1.87. The van der Waals surface area contributed by atoms with Gasteiger partial charge in [0, 0.05) is 19.4 Å². The SMILES string of the molecule is Cn1ccc(=NO)cc1. The highest BCUT2D eigenvalue weighted by Crippen LogP contribution is 1.74. The van der Waals surface area contributed by atoms with Crippen LogP contribution in [-0.2, 0) is 7.05 Å².